The molecule has 0 bridgehead atoms. The van der Waals surface area contributed by atoms with Crippen molar-refractivity contribution in [1.29, 1.82) is 0 Å². The molecule has 0 aliphatic heterocycles. The number of ether oxygens (including phenoxy) is 1. The zero-order valence-corrected chi connectivity index (χ0v) is 9.53. The van der Waals surface area contributed by atoms with Crippen LogP contribution >= 0.6 is 0 Å². The Morgan fingerprint density at radius 2 is 1.88 bits per heavy atom. The van der Waals surface area contributed by atoms with Gasteiger partial charge in [0, 0.05) is 13.7 Å². The summed E-state index contributed by atoms with van der Waals surface area (Å²) in [6, 6.07) is 7.86. The van der Waals surface area contributed by atoms with Gasteiger partial charge in [0.1, 0.15) is 5.82 Å². The Morgan fingerprint density at radius 1 is 1.19 bits per heavy atom. The third-order valence-corrected chi connectivity index (χ3v) is 2.34. The second-order valence-corrected chi connectivity index (χ2v) is 3.57. The van der Waals surface area contributed by atoms with E-state index in [4.69, 9.17) is 4.74 Å². The summed E-state index contributed by atoms with van der Waals surface area (Å²) < 4.78 is 4.98. The van der Waals surface area contributed by atoms with Crippen LogP contribution in [0, 0.1) is 6.92 Å². The van der Waals surface area contributed by atoms with E-state index in [-0.39, 0.29) is 0 Å². The van der Waals surface area contributed by atoms with Crippen molar-refractivity contribution in [3.05, 3.63) is 30.0 Å². The predicted octanol–water partition coefficient (Wildman–Crippen LogP) is 2.00. The molecule has 0 fully saturated rings. The second kappa shape index (κ2) is 4.90. The SMILES string of the molecule is COCCNc1nc2ccccc2nc1C. The first-order valence-electron chi connectivity index (χ1n) is 5.27. The van der Waals surface area contributed by atoms with Gasteiger partial charge < -0.3 is 10.1 Å². The van der Waals surface area contributed by atoms with Gasteiger partial charge in [-0.05, 0) is 19.1 Å². The van der Waals surface area contributed by atoms with Crippen LogP contribution in [0.5, 0.6) is 0 Å². The Bertz CT molecular complexity index is 485. The van der Waals surface area contributed by atoms with Crippen LogP contribution in [0.15, 0.2) is 24.3 Å². The zero-order chi connectivity index (χ0) is 11.4. The molecule has 0 saturated heterocycles. The largest absolute Gasteiger partial charge is 0.383 e. The lowest BCUT2D eigenvalue weighted by Gasteiger charge is -2.08. The summed E-state index contributed by atoms with van der Waals surface area (Å²) in [5.74, 6) is 0.829. The second-order valence-electron chi connectivity index (χ2n) is 3.57. The summed E-state index contributed by atoms with van der Waals surface area (Å²) in [6.45, 7) is 3.35. The summed E-state index contributed by atoms with van der Waals surface area (Å²) in [7, 11) is 1.68. The topological polar surface area (TPSA) is 47.0 Å². The van der Waals surface area contributed by atoms with E-state index in [2.05, 4.69) is 15.3 Å². The average molecular weight is 217 g/mol. The van der Waals surface area contributed by atoms with Gasteiger partial charge in [-0.25, -0.2) is 9.97 Å². The van der Waals surface area contributed by atoms with E-state index >= 15 is 0 Å². The Balaban J connectivity index is 2.27. The number of anilines is 1. The number of benzene rings is 1. The number of hydrogen-bond donors (Lipinski definition) is 1. The van der Waals surface area contributed by atoms with Crippen LogP contribution < -0.4 is 5.32 Å². The Hall–Kier alpha value is -1.68. The van der Waals surface area contributed by atoms with Crippen LogP contribution in [0.3, 0.4) is 0 Å². The molecule has 2 aromatic rings. The molecule has 1 aromatic heterocycles. The summed E-state index contributed by atoms with van der Waals surface area (Å²) in [5.41, 5.74) is 2.75. The molecule has 4 heteroatoms. The zero-order valence-electron chi connectivity index (χ0n) is 9.53. The molecule has 0 atom stereocenters. The molecule has 16 heavy (non-hydrogen) atoms. The summed E-state index contributed by atoms with van der Waals surface area (Å²) in [5, 5.41) is 3.21. The van der Waals surface area contributed by atoms with Crippen LogP contribution in [0.1, 0.15) is 5.69 Å². The first-order valence-corrected chi connectivity index (χ1v) is 5.27. The molecule has 4 nitrogen and oxygen atoms in total. The van der Waals surface area contributed by atoms with Crippen molar-refractivity contribution in [2.24, 2.45) is 0 Å². The van der Waals surface area contributed by atoms with Crippen molar-refractivity contribution < 1.29 is 4.74 Å². The van der Waals surface area contributed by atoms with Gasteiger partial charge in [0.05, 0.1) is 23.3 Å². The van der Waals surface area contributed by atoms with Gasteiger partial charge in [-0.3, -0.25) is 0 Å². The number of nitrogens with zero attached hydrogens (tertiary/aromatic N) is 2. The van der Waals surface area contributed by atoms with Crippen molar-refractivity contribution in [2.75, 3.05) is 25.6 Å². The number of para-hydroxylation sites is 2. The maximum Gasteiger partial charge on any atom is 0.148 e. The molecule has 1 heterocycles. The van der Waals surface area contributed by atoms with Gasteiger partial charge in [0.2, 0.25) is 0 Å². The molecule has 2 rings (SSSR count). The molecule has 1 N–H and O–H groups in total. The van der Waals surface area contributed by atoms with Crippen LogP contribution in [0.2, 0.25) is 0 Å². The minimum absolute atomic E-state index is 0.661. The van der Waals surface area contributed by atoms with Crippen molar-refractivity contribution in [3.8, 4) is 0 Å². The van der Waals surface area contributed by atoms with Crippen molar-refractivity contribution in [1.82, 2.24) is 9.97 Å². The number of aromatic nitrogens is 2. The lowest BCUT2D eigenvalue weighted by molar-refractivity contribution is 0.210. The van der Waals surface area contributed by atoms with Crippen molar-refractivity contribution in [2.45, 2.75) is 6.92 Å². The molecule has 0 saturated carbocycles. The molecule has 84 valence electrons. The van der Waals surface area contributed by atoms with Crippen LogP contribution in [0.4, 0.5) is 5.82 Å². The number of methoxy groups -OCH3 is 1. The van der Waals surface area contributed by atoms with E-state index in [9.17, 15) is 0 Å². The normalized spacial score (nSPS) is 10.6. The van der Waals surface area contributed by atoms with Gasteiger partial charge in [0.25, 0.3) is 0 Å². The van der Waals surface area contributed by atoms with Gasteiger partial charge in [0.15, 0.2) is 0 Å². The smallest absolute Gasteiger partial charge is 0.148 e. The first-order chi connectivity index (χ1) is 7.81. The number of hydrogen-bond acceptors (Lipinski definition) is 4. The summed E-state index contributed by atoms with van der Waals surface area (Å²) >= 11 is 0. The van der Waals surface area contributed by atoms with E-state index in [0.29, 0.717) is 6.61 Å². The minimum atomic E-state index is 0.661. The highest BCUT2D eigenvalue weighted by atomic mass is 16.5. The minimum Gasteiger partial charge on any atom is -0.383 e. The van der Waals surface area contributed by atoms with Crippen molar-refractivity contribution in [3.63, 3.8) is 0 Å². The predicted molar refractivity (Wildman–Crippen MR) is 64.6 cm³/mol. The van der Waals surface area contributed by atoms with E-state index in [1.807, 2.05) is 31.2 Å². The van der Waals surface area contributed by atoms with E-state index in [1.54, 1.807) is 7.11 Å². The van der Waals surface area contributed by atoms with Crippen LogP contribution in [0.25, 0.3) is 11.0 Å². The molecule has 0 unspecified atom stereocenters. The third kappa shape index (κ3) is 2.28. The monoisotopic (exact) mass is 217 g/mol. The maximum absolute atomic E-state index is 4.98. The lowest BCUT2D eigenvalue weighted by atomic mass is 10.3. The summed E-state index contributed by atoms with van der Waals surface area (Å²) in [6.07, 6.45) is 0. The fourth-order valence-electron chi connectivity index (χ4n) is 1.53. The highest BCUT2D eigenvalue weighted by Gasteiger charge is 2.03. The standard InChI is InChI=1S/C12H15N3O/c1-9-12(13-7-8-16-2)15-11-6-4-3-5-10(11)14-9/h3-6H,7-8H2,1-2H3,(H,13,15). The summed E-state index contributed by atoms with van der Waals surface area (Å²) in [4.78, 5) is 9.01. The van der Waals surface area contributed by atoms with Gasteiger partial charge in [-0.15, -0.1) is 0 Å². The highest BCUT2D eigenvalue weighted by molar-refractivity contribution is 5.76. The molecule has 0 spiro atoms. The molecule has 0 amide bonds. The average Bonchev–Trinajstić information content (AvgIpc) is 2.30. The highest BCUT2D eigenvalue weighted by Crippen LogP contribution is 2.15. The molecular formula is C12H15N3O. The van der Waals surface area contributed by atoms with Crippen molar-refractivity contribution >= 4 is 16.9 Å². The Kier molecular flexibility index (Phi) is 3.31. The van der Waals surface area contributed by atoms with Gasteiger partial charge >= 0.3 is 0 Å². The lowest BCUT2D eigenvalue weighted by Crippen LogP contribution is -2.10. The van der Waals surface area contributed by atoms with Crippen LogP contribution in [-0.2, 0) is 4.74 Å². The fourth-order valence-corrected chi connectivity index (χ4v) is 1.53. The quantitative estimate of drug-likeness (QED) is 0.796. The fraction of sp³-hybridized carbons (Fsp3) is 0.333. The maximum atomic E-state index is 4.98. The van der Waals surface area contributed by atoms with Gasteiger partial charge in [-0.1, -0.05) is 12.1 Å². The number of fused-ring (bicyclic) bond motifs is 1. The molecule has 0 aliphatic carbocycles. The van der Waals surface area contributed by atoms with Crippen LogP contribution in [-0.4, -0.2) is 30.2 Å². The third-order valence-electron chi connectivity index (χ3n) is 2.34. The Labute approximate surface area is 94.7 Å². The van der Waals surface area contributed by atoms with E-state index in [1.165, 1.54) is 0 Å². The number of nitrogens with one attached hydrogen (secondary N) is 1. The number of rotatable bonds is 4. The number of aryl methyl sites for hydroxylation is 1. The molecule has 1 aromatic carbocycles. The molecule has 0 radical (unpaired) electrons. The van der Waals surface area contributed by atoms with Gasteiger partial charge in [-0.2, -0.15) is 0 Å². The molecule has 0 aliphatic rings. The van der Waals surface area contributed by atoms with E-state index < -0.39 is 0 Å². The van der Waals surface area contributed by atoms with E-state index in [0.717, 1.165) is 29.1 Å². The Morgan fingerprint density at radius 3 is 2.56 bits per heavy atom. The first kappa shape index (κ1) is 10.8. The molecular weight excluding hydrogens is 202 g/mol.